The third-order valence-electron chi connectivity index (χ3n) is 4.17. The molecule has 1 aliphatic heterocycles. The Hall–Kier alpha value is -2.08. The van der Waals surface area contributed by atoms with Crippen LogP contribution in [0.3, 0.4) is 0 Å². The van der Waals surface area contributed by atoms with E-state index in [2.05, 4.69) is 0 Å². The fourth-order valence-corrected chi connectivity index (χ4v) is 2.84. The molecule has 2 N–H and O–H groups in total. The molecule has 0 aliphatic carbocycles. The highest BCUT2D eigenvalue weighted by molar-refractivity contribution is 5.80. The van der Waals surface area contributed by atoms with Crippen LogP contribution >= 0.6 is 0 Å². The number of hydrogen-bond acceptors (Lipinski definition) is 3. The monoisotopic (exact) mass is 292 g/mol. The van der Waals surface area contributed by atoms with Gasteiger partial charge in [0.1, 0.15) is 5.54 Å². The summed E-state index contributed by atoms with van der Waals surface area (Å²) in [5, 5.41) is 18.8. The van der Waals surface area contributed by atoms with E-state index in [9.17, 15) is 14.7 Å². The van der Waals surface area contributed by atoms with Crippen molar-refractivity contribution in [3.05, 3.63) is 35.9 Å². The minimum absolute atomic E-state index is 0.000992. The Bertz CT molecular complexity index is 520. The molecule has 6 heteroatoms. The molecule has 114 valence electrons. The van der Waals surface area contributed by atoms with Crippen LogP contribution in [0.15, 0.2) is 30.3 Å². The van der Waals surface area contributed by atoms with Gasteiger partial charge in [0, 0.05) is 19.6 Å². The summed E-state index contributed by atoms with van der Waals surface area (Å²) < 4.78 is 0. The van der Waals surface area contributed by atoms with Crippen LogP contribution < -0.4 is 0 Å². The Kier molecular flexibility index (Phi) is 4.47. The van der Waals surface area contributed by atoms with Crippen molar-refractivity contribution in [1.29, 1.82) is 0 Å². The van der Waals surface area contributed by atoms with Gasteiger partial charge >= 0.3 is 12.1 Å². The smallest absolute Gasteiger partial charge is 0.407 e. The van der Waals surface area contributed by atoms with Crippen molar-refractivity contribution in [2.75, 3.05) is 19.6 Å². The van der Waals surface area contributed by atoms with E-state index >= 15 is 0 Å². The van der Waals surface area contributed by atoms with Gasteiger partial charge < -0.3 is 15.1 Å². The predicted octanol–water partition coefficient (Wildman–Crippen LogP) is 1.72. The quantitative estimate of drug-likeness (QED) is 0.883. The Balaban J connectivity index is 2.26. The molecule has 1 fully saturated rings. The van der Waals surface area contributed by atoms with Gasteiger partial charge in [-0.05, 0) is 12.0 Å². The highest BCUT2D eigenvalue weighted by atomic mass is 16.4. The van der Waals surface area contributed by atoms with Gasteiger partial charge in [0.2, 0.25) is 0 Å². The summed E-state index contributed by atoms with van der Waals surface area (Å²) in [6.07, 6.45) is -0.702. The van der Waals surface area contributed by atoms with Crippen molar-refractivity contribution in [1.82, 2.24) is 9.80 Å². The van der Waals surface area contributed by atoms with Crippen molar-refractivity contribution < 1.29 is 19.8 Å². The second-order valence-electron chi connectivity index (χ2n) is 5.30. The molecule has 0 saturated carbocycles. The summed E-state index contributed by atoms with van der Waals surface area (Å²) in [5.41, 5.74) is -0.132. The first-order valence-electron chi connectivity index (χ1n) is 7.00. The van der Waals surface area contributed by atoms with Gasteiger partial charge in [0.25, 0.3) is 0 Å². The van der Waals surface area contributed by atoms with Gasteiger partial charge in [-0.2, -0.15) is 0 Å². The van der Waals surface area contributed by atoms with E-state index in [0.29, 0.717) is 26.1 Å². The molecule has 1 aromatic carbocycles. The predicted molar refractivity (Wildman–Crippen MR) is 77.1 cm³/mol. The Morgan fingerprint density at radius 3 is 2.38 bits per heavy atom. The van der Waals surface area contributed by atoms with Gasteiger partial charge in [-0.15, -0.1) is 0 Å². The zero-order valence-corrected chi connectivity index (χ0v) is 12.0. The minimum Gasteiger partial charge on any atom is -0.480 e. The van der Waals surface area contributed by atoms with Crippen molar-refractivity contribution >= 4 is 12.1 Å². The zero-order chi connectivity index (χ0) is 15.5. The molecule has 21 heavy (non-hydrogen) atoms. The summed E-state index contributed by atoms with van der Waals surface area (Å²) in [4.78, 5) is 26.0. The lowest BCUT2D eigenvalue weighted by atomic mass is 9.90. The number of benzene rings is 1. The molecule has 1 unspecified atom stereocenters. The van der Waals surface area contributed by atoms with E-state index in [0.717, 1.165) is 5.56 Å². The summed E-state index contributed by atoms with van der Waals surface area (Å²) in [7, 11) is 0. The van der Waals surface area contributed by atoms with E-state index in [1.807, 2.05) is 35.2 Å². The zero-order valence-electron chi connectivity index (χ0n) is 12.0. The first kappa shape index (κ1) is 15.3. The summed E-state index contributed by atoms with van der Waals surface area (Å²) >= 11 is 0. The summed E-state index contributed by atoms with van der Waals surface area (Å²) in [5.74, 6) is -0.966. The van der Waals surface area contributed by atoms with Crippen LogP contribution in [0.25, 0.3) is 0 Å². The maximum atomic E-state index is 11.8. The van der Waals surface area contributed by atoms with E-state index < -0.39 is 17.6 Å². The molecule has 1 aromatic rings. The molecule has 1 saturated heterocycles. The number of nitrogens with zero attached hydrogens (tertiary/aromatic N) is 2. The third kappa shape index (κ3) is 3.00. The molecule has 1 atom stereocenters. The molecule has 0 bridgehead atoms. The first-order valence-corrected chi connectivity index (χ1v) is 7.00. The largest absolute Gasteiger partial charge is 0.480 e. The lowest BCUT2D eigenvalue weighted by molar-refractivity contribution is -0.157. The maximum Gasteiger partial charge on any atom is 0.407 e. The number of hydrogen-bond donors (Lipinski definition) is 2. The number of amides is 1. The number of piperazine rings is 1. The van der Waals surface area contributed by atoms with Gasteiger partial charge in [0.05, 0.1) is 6.54 Å². The molecule has 0 radical (unpaired) electrons. The number of carboxylic acids is 1. The van der Waals surface area contributed by atoms with E-state index in [-0.39, 0.29) is 6.54 Å². The molecular formula is C15H20N2O4. The van der Waals surface area contributed by atoms with Crippen molar-refractivity contribution in [3.8, 4) is 0 Å². The van der Waals surface area contributed by atoms with Crippen molar-refractivity contribution in [3.63, 3.8) is 0 Å². The van der Waals surface area contributed by atoms with Crippen LogP contribution in [0.5, 0.6) is 0 Å². The highest BCUT2D eigenvalue weighted by Crippen LogP contribution is 2.28. The second-order valence-corrected chi connectivity index (χ2v) is 5.30. The normalized spacial score (nSPS) is 23.0. The van der Waals surface area contributed by atoms with Gasteiger partial charge in [-0.1, -0.05) is 37.3 Å². The molecule has 2 rings (SSSR count). The molecule has 6 nitrogen and oxygen atoms in total. The Morgan fingerprint density at radius 2 is 1.86 bits per heavy atom. The van der Waals surface area contributed by atoms with E-state index in [1.54, 1.807) is 6.92 Å². The van der Waals surface area contributed by atoms with Crippen molar-refractivity contribution in [2.24, 2.45) is 0 Å². The first-order chi connectivity index (χ1) is 9.99. The van der Waals surface area contributed by atoms with Gasteiger partial charge in [-0.3, -0.25) is 9.69 Å². The average molecular weight is 292 g/mol. The van der Waals surface area contributed by atoms with Crippen LogP contribution in [-0.2, 0) is 11.3 Å². The molecular weight excluding hydrogens is 272 g/mol. The number of carbonyl (C=O) groups is 2. The molecule has 0 aromatic heterocycles. The second kappa shape index (κ2) is 6.13. The van der Waals surface area contributed by atoms with Crippen LogP contribution in [0.4, 0.5) is 4.79 Å². The van der Waals surface area contributed by atoms with Gasteiger partial charge in [-0.25, -0.2) is 4.79 Å². The fourth-order valence-electron chi connectivity index (χ4n) is 2.84. The van der Waals surface area contributed by atoms with E-state index in [4.69, 9.17) is 5.11 Å². The summed E-state index contributed by atoms with van der Waals surface area (Å²) in [6, 6.07) is 9.64. The van der Waals surface area contributed by atoms with Crippen molar-refractivity contribution in [2.45, 2.75) is 25.4 Å². The van der Waals surface area contributed by atoms with Crippen LogP contribution in [0, 0.1) is 0 Å². The number of rotatable bonds is 4. The Morgan fingerprint density at radius 1 is 1.19 bits per heavy atom. The molecule has 1 amide bonds. The lowest BCUT2D eigenvalue weighted by Crippen LogP contribution is -2.66. The Labute approximate surface area is 123 Å². The van der Waals surface area contributed by atoms with E-state index in [1.165, 1.54) is 4.90 Å². The standard InChI is InChI=1S/C15H20N2O4/c1-2-15(13(18)19)11-16(14(20)21)8-9-17(15)10-12-6-4-3-5-7-12/h3-7H,2,8-11H2,1H3,(H,18,19)(H,20,21). The fraction of sp³-hybridized carbons (Fsp3) is 0.467. The molecule has 0 spiro atoms. The topological polar surface area (TPSA) is 81.1 Å². The molecule has 1 heterocycles. The maximum absolute atomic E-state index is 11.8. The highest BCUT2D eigenvalue weighted by Gasteiger charge is 2.47. The van der Waals surface area contributed by atoms with Crippen LogP contribution in [0.1, 0.15) is 18.9 Å². The number of aliphatic carboxylic acids is 1. The average Bonchev–Trinajstić information content (AvgIpc) is 2.48. The number of carboxylic acid groups (broad SMARTS) is 2. The van der Waals surface area contributed by atoms with Crippen LogP contribution in [-0.4, -0.2) is 57.2 Å². The van der Waals surface area contributed by atoms with Gasteiger partial charge in [0.15, 0.2) is 0 Å². The SMILES string of the molecule is CCC1(C(=O)O)CN(C(=O)O)CCN1Cc1ccccc1. The third-order valence-corrected chi connectivity index (χ3v) is 4.17. The van der Waals surface area contributed by atoms with Crippen LogP contribution in [0.2, 0.25) is 0 Å². The summed E-state index contributed by atoms with van der Waals surface area (Å²) in [6.45, 7) is 3.05. The minimum atomic E-state index is -1.16. The lowest BCUT2D eigenvalue weighted by Gasteiger charge is -2.47. The molecule has 1 aliphatic rings.